The van der Waals surface area contributed by atoms with Crippen LogP contribution in [0.5, 0.6) is 0 Å². The molecular weight excluding hydrogens is 486 g/mol. The summed E-state index contributed by atoms with van der Waals surface area (Å²) in [5, 5.41) is 0. The van der Waals surface area contributed by atoms with E-state index < -0.39 is 0 Å². The zero-order valence-corrected chi connectivity index (χ0v) is 27.8. The maximum absolute atomic E-state index is 4.91. The van der Waals surface area contributed by atoms with Crippen molar-refractivity contribution in [2.75, 3.05) is 0 Å². The van der Waals surface area contributed by atoms with Gasteiger partial charge in [-0.25, -0.2) is 15.0 Å². The van der Waals surface area contributed by atoms with Gasteiger partial charge in [-0.1, -0.05) is 181 Å². The molecule has 1 heterocycles. The van der Waals surface area contributed by atoms with E-state index >= 15 is 0 Å². The minimum atomic E-state index is 1.01. The lowest BCUT2D eigenvalue weighted by Crippen LogP contribution is -2.08. The standard InChI is InChI=1S/C37H71N3/c1-4-7-10-12-14-16-18-20-22-24-26-28-30-33-36-38-35(32-9-6-3)39-37(40-36)34-31-29-27-25-23-21-19-17-15-13-11-8-5-2/h4-34H2,1-3H3. The Balaban J connectivity index is 2.14. The van der Waals surface area contributed by atoms with Crippen LogP contribution in [0.15, 0.2) is 0 Å². The number of rotatable bonds is 31. The van der Waals surface area contributed by atoms with Crippen molar-refractivity contribution < 1.29 is 0 Å². The molecule has 234 valence electrons. The number of nitrogens with zero attached hydrogens (tertiary/aromatic N) is 3. The third-order valence-electron chi connectivity index (χ3n) is 8.54. The van der Waals surface area contributed by atoms with Gasteiger partial charge in [-0.3, -0.25) is 0 Å². The smallest absolute Gasteiger partial charge is 0.132 e. The Morgan fingerprint density at radius 2 is 0.450 bits per heavy atom. The molecule has 40 heavy (non-hydrogen) atoms. The van der Waals surface area contributed by atoms with Gasteiger partial charge in [-0.05, 0) is 19.3 Å². The summed E-state index contributed by atoms with van der Waals surface area (Å²) in [5.41, 5.74) is 0. The van der Waals surface area contributed by atoms with Crippen molar-refractivity contribution >= 4 is 0 Å². The quantitative estimate of drug-likeness (QED) is 0.0852. The molecule has 0 aliphatic rings. The summed E-state index contributed by atoms with van der Waals surface area (Å²) >= 11 is 0. The molecule has 0 N–H and O–H groups in total. The molecule has 0 bridgehead atoms. The summed E-state index contributed by atoms with van der Waals surface area (Å²) in [5.74, 6) is 3.17. The molecule has 0 fully saturated rings. The Bertz CT molecular complexity index is 596. The van der Waals surface area contributed by atoms with Crippen LogP contribution in [0.1, 0.15) is 218 Å². The monoisotopic (exact) mass is 558 g/mol. The van der Waals surface area contributed by atoms with Crippen molar-refractivity contribution in [3.8, 4) is 0 Å². The molecule has 0 aliphatic heterocycles. The molecule has 0 spiro atoms. The van der Waals surface area contributed by atoms with Gasteiger partial charge >= 0.3 is 0 Å². The molecular formula is C37H71N3. The van der Waals surface area contributed by atoms with Crippen LogP contribution in [0.25, 0.3) is 0 Å². The highest BCUT2D eigenvalue weighted by molar-refractivity contribution is 4.98. The van der Waals surface area contributed by atoms with Crippen LogP contribution in [0.3, 0.4) is 0 Å². The van der Waals surface area contributed by atoms with E-state index in [1.54, 1.807) is 0 Å². The largest absolute Gasteiger partial charge is 0.218 e. The summed E-state index contributed by atoms with van der Waals surface area (Å²) < 4.78 is 0. The van der Waals surface area contributed by atoms with Crippen molar-refractivity contribution in [3.05, 3.63) is 17.5 Å². The van der Waals surface area contributed by atoms with Gasteiger partial charge < -0.3 is 0 Å². The first kappa shape index (κ1) is 37.0. The highest BCUT2D eigenvalue weighted by atomic mass is 15.0. The first-order chi connectivity index (χ1) is 19.8. The van der Waals surface area contributed by atoms with Crippen LogP contribution in [0.4, 0.5) is 0 Å². The second-order valence-corrected chi connectivity index (χ2v) is 12.7. The normalized spacial score (nSPS) is 11.5. The number of hydrogen-bond donors (Lipinski definition) is 0. The van der Waals surface area contributed by atoms with Gasteiger partial charge in [-0.2, -0.15) is 0 Å². The van der Waals surface area contributed by atoms with Gasteiger partial charge in [0.25, 0.3) is 0 Å². The van der Waals surface area contributed by atoms with E-state index in [-0.39, 0.29) is 0 Å². The lowest BCUT2D eigenvalue weighted by atomic mass is 10.0. The number of aryl methyl sites for hydroxylation is 3. The van der Waals surface area contributed by atoms with Gasteiger partial charge in [0.2, 0.25) is 0 Å². The fourth-order valence-electron chi connectivity index (χ4n) is 5.79. The van der Waals surface area contributed by atoms with E-state index in [0.29, 0.717) is 0 Å². The minimum absolute atomic E-state index is 1.01. The summed E-state index contributed by atoms with van der Waals surface area (Å²) in [7, 11) is 0. The van der Waals surface area contributed by atoms with Gasteiger partial charge in [0.05, 0.1) is 0 Å². The van der Waals surface area contributed by atoms with Gasteiger partial charge in [0.15, 0.2) is 0 Å². The van der Waals surface area contributed by atoms with Crippen molar-refractivity contribution in [2.45, 2.75) is 220 Å². The summed E-state index contributed by atoms with van der Waals surface area (Å²) in [6.45, 7) is 6.85. The molecule has 0 aliphatic carbocycles. The molecule has 0 radical (unpaired) electrons. The van der Waals surface area contributed by atoms with Gasteiger partial charge in [0, 0.05) is 19.3 Å². The predicted octanol–water partition coefficient (Wildman–Crippen LogP) is 12.5. The summed E-state index contributed by atoms with van der Waals surface area (Å²) in [6.07, 6.45) is 41.9. The van der Waals surface area contributed by atoms with E-state index in [1.807, 2.05) is 0 Å². The zero-order chi connectivity index (χ0) is 28.8. The van der Waals surface area contributed by atoms with E-state index in [4.69, 9.17) is 15.0 Å². The van der Waals surface area contributed by atoms with Crippen LogP contribution in [-0.4, -0.2) is 15.0 Å². The van der Waals surface area contributed by atoms with E-state index in [9.17, 15) is 0 Å². The van der Waals surface area contributed by atoms with Crippen molar-refractivity contribution in [2.24, 2.45) is 0 Å². The molecule has 0 atom stereocenters. The molecule has 0 amide bonds. The summed E-state index contributed by atoms with van der Waals surface area (Å²) in [6, 6.07) is 0. The van der Waals surface area contributed by atoms with Crippen molar-refractivity contribution in [1.29, 1.82) is 0 Å². The minimum Gasteiger partial charge on any atom is -0.218 e. The molecule has 0 unspecified atom stereocenters. The van der Waals surface area contributed by atoms with E-state index in [1.165, 1.54) is 180 Å². The van der Waals surface area contributed by atoms with Crippen molar-refractivity contribution in [3.63, 3.8) is 0 Å². The van der Waals surface area contributed by atoms with Gasteiger partial charge in [0.1, 0.15) is 17.5 Å². The number of unbranched alkanes of at least 4 members (excludes halogenated alkanes) is 25. The molecule has 0 aromatic carbocycles. The Kier molecular flexibility index (Phi) is 27.3. The molecule has 0 saturated carbocycles. The third kappa shape index (κ3) is 23.7. The highest BCUT2D eigenvalue weighted by Crippen LogP contribution is 2.15. The Labute approximate surface area is 251 Å². The number of aromatic nitrogens is 3. The van der Waals surface area contributed by atoms with Crippen LogP contribution in [0.2, 0.25) is 0 Å². The topological polar surface area (TPSA) is 38.7 Å². The van der Waals surface area contributed by atoms with Crippen LogP contribution >= 0.6 is 0 Å². The zero-order valence-electron chi connectivity index (χ0n) is 27.8. The molecule has 1 rings (SSSR count). The molecule has 0 saturated heterocycles. The van der Waals surface area contributed by atoms with E-state index in [2.05, 4.69) is 20.8 Å². The van der Waals surface area contributed by atoms with Gasteiger partial charge in [-0.15, -0.1) is 0 Å². The van der Waals surface area contributed by atoms with Crippen LogP contribution < -0.4 is 0 Å². The van der Waals surface area contributed by atoms with Crippen LogP contribution in [0, 0.1) is 0 Å². The lowest BCUT2D eigenvalue weighted by Gasteiger charge is -2.08. The highest BCUT2D eigenvalue weighted by Gasteiger charge is 2.07. The second kappa shape index (κ2) is 29.5. The summed E-state index contributed by atoms with van der Waals surface area (Å²) in [4.78, 5) is 14.6. The van der Waals surface area contributed by atoms with Crippen molar-refractivity contribution in [1.82, 2.24) is 15.0 Å². The van der Waals surface area contributed by atoms with Crippen LogP contribution in [-0.2, 0) is 19.3 Å². The fraction of sp³-hybridized carbons (Fsp3) is 0.919. The number of hydrogen-bond acceptors (Lipinski definition) is 3. The Morgan fingerprint density at radius 3 is 0.700 bits per heavy atom. The maximum atomic E-state index is 4.91. The second-order valence-electron chi connectivity index (χ2n) is 12.7. The fourth-order valence-corrected chi connectivity index (χ4v) is 5.79. The average molecular weight is 558 g/mol. The molecule has 1 aromatic heterocycles. The first-order valence-corrected chi connectivity index (χ1v) is 18.5. The lowest BCUT2D eigenvalue weighted by molar-refractivity contribution is 0.535. The third-order valence-corrected chi connectivity index (χ3v) is 8.54. The molecule has 1 aromatic rings. The maximum Gasteiger partial charge on any atom is 0.132 e. The predicted molar refractivity (Wildman–Crippen MR) is 177 cm³/mol. The molecule has 3 heteroatoms. The Hall–Kier alpha value is -0.990. The first-order valence-electron chi connectivity index (χ1n) is 18.5. The average Bonchev–Trinajstić information content (AvgIpc) is 2.96. The van der Waals surface area contributed by atoms with E-state index in [0.717, 1.165) is 36.7 Å². The SMILES string of the molecule is CCCCCCCCCCCCCCCc1nc(CCCC)nc(CCCCCCCCCCCCCCC)n1. The Morgan fingerprint density at radius 1 is 0.250 bits per heavy atom. The molecule has 3 nitrogen and oxygen atoms in total.